The molecule has 3 rings (SSSR count). The number of hydrogen-bond donors (Lipinski definition) is 1. The fourth-order valence-electron chi connectivity index (χ4n) is 1.98. The predicted molar refractivity (Wildman–Crippen MR) is 65.1 cm³/mol. The van der Waals surface area contributed by atoms with Gasteiger partial charge in [0.05, 0.1) is 0 Å². The number of aliphatic imine (C=N–C) groups is 1. The number of nitrogens with one attached hydrogen (secondary N) is 1. The summed E-state index contributed by atoms with van der Waals surface area (Å²) in [6.45, 7) is 0. The molecule has 0 radical (unpaired) electrons. The zero-order valence-corrected chi connectivity index (χ0v) is 9.39. The SMILES string of the molecule is O=C1NC(C2CCC2)=N/C1=C/c1ccncc1. The monoisotopic (exact) mass is 227 g/mol. The molecule has 1 aliphatic carbocycles. The van der Waals surface area contributed by atoms with Gasteiger partial charge < -0.3 is 5.32 Å². The van der Waals surface area contributed by atoms with Gasteiger partial charge in [0.1, 0.15) is 11.5 Å². The summed E-state index contributed by atoms with van der Waals surface area (Å²) in [5.41, 5.74) is 1.45. The quantitative estimate of drug-likeness (QED) is 0.782. The van der Waals surface area contributed by atoms with Crippen molar-refractivity contribution in [2.75, 3.05) is 0 Å². The lowest BCUT2D eigenvalue weighted by atomic mass is 9.84. The maximum absolute atomic E-state index is 11.7. The number of amides is 1. The zero-order valence-electron chi connectivity index (χ0n) is 9.39. The van der Waals surface area contributed by atoms with Crippen LogP contribution in [-0.4, -0.2) is 16.7 Å². The number of carbonyl (C=O) groups excluding carboxylic acids is 1. The molecule has 4 heteroatoms. The van der Waals surface area contributed by atoms with Crippen molar-refractivity contribution in [3.8, 4) is 0 Å². The van der Waals surface area contributed by atoms with Gasteiger partial charge >= 0.3 is 0 Å². The topological polar surface area (TPSA) is 54.4 Å². The average Bonchev–Trinajstić information content (AvgIpc) is 2.59. The van der Waals surface area contributed by atoms with Crippen molar-refractivity contribution in [2.45, 2.75) is 19.3 Å². The van der Waals surface area contributed by atoms with Crippen LogP contribution in [0.25, 0.3) is 6.08 Å². The van der Waals surface area contributed by atoms with E-state index < -0.39 is 0 Å². The molecule has 1 aromatic rings. The molecule has 0 spiro atoms. The first kappa shape index (κ1) is 10.2. The highest BCUT2D eigenvalue weighted by atomic mass is 16.2. The van der Waals surface area contributed by atoms with Gasteiger partial charge in [0.25, 0.3) is 5.91 Å². The first-order valence-corrected chi connectivity index (χ1v) is 5.84. The summed E-state index contributed by atoms with van der Waals surface area (Å²) in [6.07, 6.45) is 8.72. The van der Waals surface area contributed by atoms with E-state index in [0.717, 1.165) is 24.2 Å². The van der Waals surface area contributed by atoms with Gasteiger partial charge in [-0.3, -0.25) is 9.78 Å². The highest BCUT2D eigenvalue weighted by Gasteiger charge is 2.30. The van der Waals surface area contributed by atoms with Crippen LogP contribution < -0.4 is 5.32 Å². The average molecular weight is 227 g/mol. The third kappa shape index (κ3) is 1.98. The van der Waals surface area contributed by atoms with Crippen molar-refractivity contribution in [1.82, 2.24) is 10.3 Å². The van der Waals surface area contributed by atoms with E-state index in [4.69, 9.17) is 0 Å². The third-order valence-corrected chi connectivity index (χ3v) is 3.22. The Morgan fingerprint density at radius 1 is 1.29 bits per heavy atom. The van der Waals surface area contributed by atoms with Crippen LogP contribution in [-0.2, 0) is 4.79 Å². The van der Waals surface area contributed by atoms with E-state index in [1.807, 2.05) is 12.1 Å². The molecule has 1 amide bonds. The Hall–Kier alpha value is -1.97. The Morgan fingerprint density at radius 2 is 2.06 bits per heavy atom. The van der Waals surface area contributed by atoms with Gasteiger partial charge in [0.2, 0.25) is 0 Å². The van der Waals surface area contributed by atoms with Gasteiger partial charge in [-0.1, -0.05) is 6.42 Å². The molecular weight excluding hydrogens is 214 g/mol. The summed E-state index contributed by atoms with van der Waals surface area (Å²) in [4.78, 5) is 20.0. The fraction of sp³-hybridized carbons (Fsp3) is 0.308. The minimum absolute atomic E-state index is 0.0938. The van der Waals surface area contributed by atoms with Crippen molar-refractivity contribution in [3.63, 3.8) is 0 Å². The zero-order chi connectivity index (χ0) is 11.7. The summed E-state index contributed by atoms with van der Waals surface area (Å²) in [5, 5.41) is 2.85. The first-order valence-electron chi connectivity index (χ1n) is 5.84. The second-order valence-electron chi connectivity index (χ2n) is 4.39. The Morgan fingerprint density at radius 3 is 2.71 bits per heavy atom. The Balaban J connectivity index is 1.85. The minimum atomic E-state index is -0.0938. The number of aromatic nitrogens is 1. The second kappa shape index (κ2) is 4.13. The van der Waals surface area contributed by atoms with Crippen LogP contribution in [0.5, 0.6) is 0 Å². The van der Waals surface area contributed by atoms with Crippen LogP contribution in [0.15, 0.2) is 35.2 Å². The molecule has 0 saturated heterocycles. The van der Waals surface area contributed by atoms with E-state index in [-0.39, 0.29) is 5.91 Å². The van der Waals surface area contributed by atoms with Crippen LogP contribution >= 0.6 is 0 Å². The molecule has 2 aliphatic rings. The first-order chi connectivity index (χ1) is 8.33. The molecular formula is C13H13N3O. The molecule has 1 fully saturated rings. The molecule has 1 N–H and O–H groups in total. The predicted octanol–water partition coefficient (Wildman–Crippen LogP) is 1.75. The minimum Gasteiger partial charge on any atom is -0.308 e. The Labute approximate surface area is 99.5 Å². The molecule has 4 nitrogen and oxygen atoms in total. The van der Waals surface area contributed by atoms with Gasteiger partial charge in [-0.25, -0.2) is 4.99 Å². The number of rotatable bonds is 2. The van der Waals surface area contributed by atoms with E-state index in [1.165, 1.54) is 6.42 Å². The molecule has 2 heterocycles. The number of hydrogen-bond acceptors (Lipinski definition) is 3. The lowest BCUT2D eigenvalue weighted by molar-refractivity contribution is -0.115. The second-order valence-corrected chi connectivity index (χ2v) is 4.39. The highest BCUT2D eigenvalue weighted by molar-refractivity contribution is 6.15. The smallest absolute Gasteiger partial charge is 0.275 e. The van der Waals surface area contributed by atoms with Crippen molar-refractivity contribution >= 4 is 17.8 Å². The summed E-state index contributed by atoms with van der Waals surface area (Å²) in [5.74, 6) is 1.22. The van der Waals surface area contributed by atoms with Crippen molar-refractivity contribution < 1.29 is 4.79 Å². The molecule has 1 saturated carbocycles. The standard InChI is InChI=1S/C13H13N3O/c17-13-11(8-9-4-6-14-7-5-9)15-12(16-13)10-2-1-3-10/h4-8,10H,1-3H2,(H,15,16,17)/b11-8+. The number of carbonyl (C=O) groups is 1. The van der Waals surface area contributed by atoms with Crippen molar-refractivity contribution in [2.24, 2.45) is 10.9 Å². The lowest BCUT2D eigenvalue weighted by Gasteiger charge is -2.24. The van der Waals surface area contributed by atoms with Crippen molar-refractivity contribution in [1.29, 1.82) is 0 Å². The van der Waals surface area contributed by atoms with Gasteiger partial charge in [-0.2, -0.15) is 0 Å². The molecule has 17 heavy (non-hydrogen) atoms. The molecule has 1 aliphatic heterocycles. The summed E-state index contributed by atoms with van der Waals surface area (Å²) < 4.78 is 0. The molecule has 1 aromatic heterocycles. The van der Waals surface area contributed by atoms with E-state index in [0.29, 0.717) is 11.6 Å². The molecule has 0 aromatic carbocycles. The van der Waals surface area contributed by atoms with E-state index in [2.05, 4.69) is 15.3 Å². The van der Waals surface area contributed by atoms with Crippen LogP contribution in [0.2, 0.25) is 0 Å². The number of nitrogens with zero attached hydrogens (tertiary/aromatic N) is 2. The molecule has 0 bridgehead atoms. The van der Waals surface area contributed by atoms with Crippen LogP contribution in [0, 0.1) is 5.92 Å². The van der Waals surface area contributed by atoms with Gasteiger partial charge in [0.15, 0.2) is 0 Å². The normalized spacial score (nSPS) is 22.2. The van der Waals surface area contributed by atoms with E-state index >= 15 is 0 Å². The largest absolute Gasteiger partial charge is 0.308 e. The molecule has 86 valence electrons. The number of pyridine rings is 1. The molecule has 0 atom stereocenters. The summed E-state index contributed by atoms with van der Waals surface area (Å²) >= 11 is 0. The van der Waals surface area contributed by atoms with Gasteiger partial charge in [0, 0.05) is 18.3 Å². The number of amidine groups is 1. The van der Waals surface area contributed by atoms with Crippen LogP contribution in [0.3, 0.4) is 0 Å². The fourth-order valence-corrected chi connectivity index (χ4v) is 1.98. The lowest BCUT2D eigenvalue weighted by Crippen LogP contribution is -2.33. The van der Waals surface area contributed by atoms with Crippen molar-refractivity contribution in [3.05, 3.63) is 35.8 Å². The maximum atomic E-state index is 11.7. The summed E-state index contributed by atoms with van der Waals surface area (Å²) in [6, 6.07) is 3.72. The Bertz CT molecular complexity index is 501. The van der Waals surface area contributed by atoms with Crippen LogP contribution in [0.4, 0.5) is 0 Å². The maximum Gasteiger partial charge on any atom is 0.275 e. The van der Waals surface area contributed by atoms with Gasteiger partial charge in [-0.05, 0) is 36.6 Å². The van der Waals surface area contributed by atoms with E-state index in [9.17, 15) is 4.79 Å². The molecule has 0 unspecified atom stereocenters. The third-order valence-electron chi connectivity index (χ3n) is 3.22. The van der Waals surface area contributed by atoms with Gasteiger partial charge in [-0.15, -0.1) is 0 Å². The van der Waals surface area contributed by atoms with Crippen LogP contribution in [0.1, 0.15) is 24.8 Å². The highest BCUT2D eigenvalue weighted by Crippen LogP contribution is 2.29. The Kier molecular flexibility index (Phi) is 2.48. The summed E-state index contributed by atoms with van der Waals surface area (Å²) in [7, 11) is 0. The van der Waals surface area contributed by atoms with E-state index in [1.54, 1.807) is 18.5 Å².